The molecule has 1 aliphatic heterocycles. The first-order valence-corrected chi connectivity index (χ1v) is 7.79. The van der Waals surface area contributed by atoms with Crippen LogP contribution in [0.3, 0.4) is 0 Å². The van der Waals surface area contributed by atoms with Crippen LogP contribution < -0.4 is 16.0 Å². The van der Waals surface area contributed by atoms with Gasteiger partial charge in [0.25, 0.3) is 0 Å². The summed E-state index contributed by atoms with van der Waals surface area (Å²) in [5.74, 6) is 6.38. The van der Waals surface area contributed by atoms with Crippen LogP contribution in [-0.4, -0.2) is 26.5 Å². The fourth-order valence-electron chi connectivity index (χ4n) is 2.15. The molecule has 3 N–H and O–H groups in total. The zero-order valence-corrected chi connectivity index (χ0v) is 11.3. The number of hydrazine groups is 1. The summed E-state index contributed by atoms with van der Waals surface area (Å²) in [5.41, 5.74) is 4.58. The summed E-state index contributed by atoms with van der Waals surface area (Å²) < 4.78 is 28.7. The summed E-state index contributed by atoms with van der Waals surface area (Å²) in [6.07, 6.45) is 2.08. The van der Waals surface area contributed by atoms with E-state index in [4.69, 9.17) is 10.6 Å². The van der Waals surface area contributed by atoms with Gasteiger partial charge in [-0.05, 0) is 24.1 Å². The van der Waals surface area contributed by atoms with Crippen LogP contribution >= 0.6 is 0 Å². The first-order chi connectivity index (χ1) is 8.43. The number of nitrogens with two attached hydrogens (primary N) is 1. The van der Waals surface area contributed by atoms with E-state index in [0.29, 0.717) is 6.61 Å². The quantitative estimate of drug-likeness (QED) is 0.617. The van der Waals surface area contributed by atoms with Crippen LogP contribution in [-0.2, 0) is 16.3 Å². The smallest absolute Gasteiger partial charge is 0.151 e. The fraction of sp³-hybridized carbons (Fsp3) is 0.500. The highest BCUT2D eigenvalue weighted by Crippen LogP contribution is 2.30. The van der Waals surface area contributed by atoms with Crippen molar-refractivity contribution in [3.8, 4) is 5.75 Å². The van der Waals surface area contributed by atoms with Crippen LogP contribution in [0.4, 0.5) is 0 Å². The Kier molecular flexibility index (Phi) is 3.61. The lowest BCUT2D eigenvalue weighted by atomic mass is 10.0. The number of nitrogens with one attached hydrogen (secondary N) is 1. The van der Waals surface area contributed by atoms with Gasteiger partial charge in [0.2, 0.25) is 0 Å². The first-order valence-electron chi connectivity index (χ1n) is 5.84. The third-order valence-corrected chi connectivity index (χ3v) is 5.02. The van der Waals surface area contributed by atoms with E-state index in [1.165, 1.54) is 6.26 Å². The van der Waals surface area contributed by atoms with E-state index in [1.54, 1.807) is 6.92 Å². The van der Waals surface area contributed by atoms with Crippen LogP contribution in [0.5, 0.6) is 5.75 Å². The number of rotatable bonds is 4. The summed E-state index contributed by atoms with van der Waals surface area (Å²) >= 11 is 0. The van der Waals surface area contributed by atoms with Gasteiger partial charge in [-0.2, -0.15) is 0 Å². The molecule has 1 aromatic carbocycles. The molecule has 18 heavy (non-hydrogen) atoms. The average Bonchev–Trinajstić information content (AvgIpc) is 2.76. The Morgan fingerprint density at radius 1 is 1.44 bits per heavy atom. The van der Waals surface area contributed by atoms with Gasteiger partial charge < -0.3 is 4.74 Å². The molecule has 5 nitrogen and oxygen atoms in total. The van der Waals surface area contributed by atoms with Gasteiger partial charge in [-0.3, -0.25) is 11.3 Å². The molecule has 0 fully saturated rings. The summed E-state index contributed by atoms with van der Waals surface area (Å²) in [5, 5.41) is -0.581. The number of ether oxygens (including phenoxy) is 1. The number of benzene rings is 1. The molecule has 2 atom stereocenters. The fourth-order valence-corrected chi connectivity index (χ4v) is 2.88. The highest BCUT2D eigenvalue weighted by atomic mass is 32.2. The van der Waals surface area contributed by atoms with Gasteiger partial charge in [0.1, 0.15) is 5.75 Å². The van der Waals surface area contributed by atoms with Crippen molar-refractivity contribution in [2.24, 2.45) is 5.84 Å². The molecule has 0 amide bonds. The average molecular weight is 270 g/mol. The lowest BCUT2D eigenvalue weighted by Crippen LogP contribution is -2.38. The maximum atomic E-state index is 11.6. The third kappa shape index (κ3) is 2.50. The molecule has 2 rings (SSSR count). The lowest BCUT2D eigenvalue weighted by Gasteiger charge is -2.22. The third-order valence-electron chi connectivity index (χ3n) is 3.40. The Hall–Kier alpha value is -1.11. The van der Waals surface area contributed by atoms with Crippen molar-refractivity contribution in [2.45, 2.75) is 24.6 Å². The molecule has 0 radical (unpaired) electrons. The van der Waals surface area contributed by atoms with E-state index < -0.39 is 21.1 Å². The largest absolute Gasteiger partial charge is 0.493 e. The second kappa shape index (κ2) is 4.87. The molecule has 0 aliphatic carbocycles. The number of sulfone groups is 1. The molecule has 0 aromatic heterocycles. The molecule has 0 saturated heterocycles. The number of fused-ring (bicyclic) bond motifs is 1. The van der Waals surface area contributed by atoms with E-state index in [-0.39, 0.29) is 0 Å². The first kappa shape index (κ1) is 13.3. The minimum Gasteiger partial charge on any atom is -0.493 e. The Balaban J connectivity index is 2.34. The molecular weight excluding hydrogens is 252 g/mol. The molecule has 0 saturated carbocycles. The van der Waals surface area contributed by atoms with Crippen LogP contribution in [0, 0.1) is 0 Å². The van der Waals surface area contributed by atoms with Crippen molar-refractivity contribution in [1.82, 2.24) is 5.43 Å². The van der Waals surface area contributed by atoms with Crippen LogP contribution in [0.1, 0.15) is 24.1 Å². The Bertz CT molecular complexity index is 542. The van der Waals surface area contributed by atoms with Gasteiger partial charge in [0.15, 0.2) is 9.84 Å². The van der Waals surface area contributed by atoms with Gasteiger partial charge in [-0.1, -0.05) is 12.1 Å². The summed E-state index contributed by atoms with van der Waals surface area (Å²) in [7, 11) is -3.15. The van der Waals surface area contributed by atoms with Crippen LogP contribution in [0.25, 0.3) is 0 Å². The number of hydrogen-bond donors (Lipinski definition) is 2. The predicted molar refractivity (Wildman–Crippen MR) is 70.0 cm³/mol. The monoisotopic (exact) mass is 270 g/mol. The van der Waals surface area contributed by atoms with Crippen molar-refractivity contribution in [1.29, 1.82) is 0 Å². The highest BCUT2D eigenvalue weighted by Gasteiger charge is 2.27. The topological polar surface area (TPSA) is 81.4 Å². The van der Waals surface area contributed by atoms with E-state index in [2.05, 4.69) is 5.43 Å². The van der Waals surface area contributed by atoms with Gasteiger partial charge in [0, 0.05) is 12.7 Å². The highest BCUT2D eigenvalue weighted by molar-refractivity contribution is 7.91. The predicted octanol–water partition coefficient (Wildman–Crippen LogP) is 0.559. The molecule has 100 valence electrons. The maximum absolute atomic E-state index is 11.6. The molecule has 0 spiro atoms. The molecule has 2 unspecified atom stereocenters. The summed E-state index contributed by atoms with van der Waals surface area (Å²) in [4.78, 5) is 0. The Labute approximate surface area is 107 Å². The van der Waals surface area contributed by atoms with Crippen molar-refractivity contribution in [3.63, 3.8) is 0 Å². The van der Waals surface area contributed by atoms with Gasteiger partial charge in [-0.15, -0.1) is 0 Å². The zero-order valence-electron chi connectivity index (χ0n) is 10.5. The molecule has 1 heterocycles. The van der Waals surface area contributed by atoms with E-state index >= 15 is 0 Å². The maximum Gasteiger partial charge on any atom is 0.151 e. The van der Waals surface area contributed by atoms with Crippen molar-refractivity contribution < 1.29 is 13.2 Å². The minimum absolute atomic E-state index is 0.411. The standard InChI is InChI=1S/C12H18N2O3S/c1-8(18(2,15)16)12(14-13)10-3-4-11-9(7-10)5-6-17-11/h3-4,7-8,12,14H,5-6,13H2,1-2H3. The van der Waals surface area contributed by atoms with Gasteiger partial charge in [-0.25, -0.2) is 8.42 Å². The Morgan fingerprint density at radius 2 is 2.17 bits per heavy atom. The van der Waals surface area contributed by atoms with E-state index in [9.17, 15) is 8.42 Å². The molecule has 1 aliphatic rings. The van der Waals surface area contributed by atoms with Crippen molar-refractivity contribution in [2.75, 3.05) is 12.9 Å². The second-order valence-corrected chi connectivity index (χ2v) is 7.05. The molecular formula is C12H18N2O3S. The number of hydrogen-bond acceptors (Lipinski definition) is 5. The lowest BCUT2D eigenvalue weighted by molar-refractivity contribution is 0.356. The molecule has 1 aromatic rings. The van der Waals surface area contributed by atoms with E-state index in [1.807, 2.05) is 18.2 Å². The van der Waals surface area contributed by atoms with Crippen LogP contribution in [0.2, 0.25) is 0 Å². The van der Waals surface area contributed by atoms with Crippen molar-refractivity contribution in [3.05, 3.63) is 29.3 Å². The summed E-state index contributed by atoms with van der Waals surface area (Å²) in [6.45, 7) is 2.34. The van der Waals surface area contributed by atoms with Crippen molar-refractivity contribution >= 4 is 9.84 Å². The zero-order chi connectivity index (χ0) is 13.3. The van der Waals surface area contributed by atoms with Gasteiger partial charge >= 0.3 is 0 Å². The Morgan fingerprint density at radius 3 is 2.78 bits per heavy atom. The second-order valence-electron chi connectivity index (χ2n) is 4.64. The SMILES string of the molecule is CC(C(NN)c1ccc2c(c1)CCO2)S(C)(=O)=O. The molecule has 0 bridgehead atoms. The normalized spacial score (nSPS) is 17.9. The van der Waals surface area contributed by atoms with Gasteiger partial charge in [0.05, 0.1) is 17.9 Å². The summed E-state index contributed by atoms with van der Waals surface area (Å²) in [6, 6.07) is 5.29. The minimum atomic E-state index is -3.15. The van der Waals surface area contributed by atoms with Crippen LogP contribution in [0.15, 0.2) is 18.2 Å². The molecule has 6 heteroatoms. The van der Waals surface area contributed by atoms with E-state index in [0.717, 1.165) is 23.3 Å².